The van der Waals surface area contributed by atoms with Gasteiger partial charge in [-0.2, -0.15) is 0 Å². The van der Waals surface area contributed by atoms with Gasteiger partial charge in [0.05, 0.1) is 5.69 Å². The van der Waals surface area contributed by atoms with Crippen molar-refractivity contribution in [2.24, 2.45) is 0 Å². The molecule has 1 rings (SSSR count). The normalized spacial score (nSPS) is 10.1. The SMILES string of the molecule is Fc1cc(NC(=S)Cl)c(F)c(F)c1F. The first-order valence-corrected chi connectivity index (χ1v) is 4.01. The van der Waals surface area contributed by atoms with Gasteiger partial charge in [0.15, 0.2) is 27.7 Å². The number of hydrogen-bond acceptors (Lipinski definition) is 1. The van der Waals surface area contributed by atoms with Crippen molar-refractivity contribution in [1.29, 1.82) is 0 Å². The molecular formula is C7H2ClF4NS. The third-order valence-corrected chi connectivity index (χ3v) is 1.53. The molecule has 1 aromatic rings. The fourth-order valence-electron chi connectivity index (χ4n) is 0.770. The third-order valence-electron chi connectivity index (χ3n) is 1.34. The van der Waals surface area contributed by atoms with E-state index >= 15 is 0 Å². The molecular weight excluding hydrogens is 242 g/mol. The van der Waals surface area contributed by atoms with Gasteiger partial charge in [-0.25, -0.2) is 17.6 Å². The summed E-state index contributed by atoms with van der Waals surface area (Å²) in [6.45, 7) is 0. The van der Waals surface area contributed by atoms with Gasteiger partial charge in [-0.05, 0) is 12.2 Å². The van der Waals surface area contributed by atoms with Crippen LogP contribution in [0.1, 0.15) is 0 Å². The van der Waals surface area contributed by atoms with Crippen molar-refractivity contribution >= 4 is 34.0 Å². The Morgan fingerprint density at radius 3 is 2.21 bits per heavy atom. The standard InChI is InChI=1S/C7H2ClF4NS/c8-7(14)13-3-1-2(9)4(10)6(12)5(3)11/h1H,(H,13,14). The minimum atomic E-state index is -1.92. The minimum absolute atomic E-state index is 0.408. The van der Waals surface area contributed by atoms with E-state index in [-0.39, 0.29) is 0 Å². The fourth-order valence-corrected chi connectivity index (χ4v) is 0.981. The van der Waals surface area contributed by atoms with Gasteiger partial charge in [-0.1, -0.05) is 11.6 Å². The average Bonchev–Trinajstić information content (AvgIpc) is 2.10. The van der Waals surface area contributed by atoms with E-state index in [1.54, 1.807) is 0 Å². The monoisotopic (exact) mass is 243 g/mol. The van der Waals surface area contributed by atoms with Gasteiger partial charge in [0.25, 0.3) is 0 Å². The number of halogens is 5. The van der Waals surface area contributed by atoms with Crippen molar-refractivity contribution in [3.63, 3.8) is 0 Å². The molecule has 0 unspecified atom stereocenters. The quantitative estimate of drug-likeness (QED) is 0.203. The van der Waals surface area contributed by atoms with E-state index in [9.17, 15) is 17.6 Å². The molecule has 0 saturated carbocycles. The molecule has 7 heteroatoms. The van der Waals surface area contributed by atoms with E-state index < -0.39 is 33.4 Å². The molecule has 0 atom stereocenters. The second-order valence-electron chi connectivity index (χ2n) is 2.25. The highest BCUT2D eigenvalue weighted by atomic mass is 35.5. The maximum Gasteiger partial charge on any atom is 0.199 e. The lowest BCUT2D eigenvalue weighted by Gasteiger charge is -2.05. The Kier molecular flexibility index (Phi) is 3.28. The Labute approximate surface area is 86.7 Å². The fraction of sp³-hybridized carbons (Fsp3) is 0. The van der Waals surface area contributed by atoms with Gasteiger partial charge in [-0.15, -0.1) is 0 Å². The van der Waals surface area contributed by atoms with E-state index in [4.69, 9.17) is 11.6 Å². The molecule has 1 nitrogen and oxygen atoms in total. The third kappa shape index (κ3) is 2.13. The summed E-state index contributed by atoms with van der Waals surface area (Å²) < 4.78 is 50.0. The molecule has 0 aliphatic rings. The maximum atomic E-state index is 12.8. The molecule has 14 heavy (non-hydrogen) atoms. The first-order chi connectivity index (χ1) is 6.43. The number of benzene rings is 1. The highest BCUT2D eigenvalue weighted by Gasteiger charge is 2.18. The summed E-state index contributed by atoms with van der Waals surface area (Å²) in [5.74, 6) is -6.90. The van der Waals surface area contributed by atoms with Crippen LogP contribution in [0.4, 0.5) is 23.2 Å². The lowest BCUT2D eigenvalue weighted by Crippen LogP contribution is -2.07. The highest BCUT2D eigenvalue weighted by Crippen LogP contribution is 2.22. The van der Waals surface area contributed by atoms with Crippen LogP contribution in [-0.4, -0.2) is 4.45 Å². The molecule has 0 bridgehead atoms. The molecule has 0 aliphatic carbocycles. The number of nitrogens with one attached hydrogen (secondary N) is 1. The first-order valence-electron chi connectivity index (χ1n) is 3.23. The number of hydrogen-bond donors (Lipinski definition) is 1. The van der Waals surface area contributed by atoms with E-state index in [0.29, 0.717) is 6.07 Å². The van der Waals surface area contributed by atoms with Crippen LogP contribution in [0, 0.1) is 23.3 Å². The topological polar surface area (TPSA) is 12.0 Å². The summed E-state index contributed by atoms with van der Waals surface area (Å²) in [4.78, 5) is 0. The summed E-state index contributed by atoms with van der Waals surface area (Å²) in [6, 6.07) is 0.419. The lowest BCUT2D eigenvalue weighted by atomic mass is 10.2. The molecule has 0 fully saturated rings. The predicted molar refractivity (Wildman–Crippen MR) is 48.3 cm³/mol. The Hall–Kier alpha value is -0.880. The Morgan fingerprint density at radius 1 is 1.14 bits per heavy atom. The van der Waals surface area contributed by atoms with Crippen molar-refractivity contribution in [2.45, 2.75) is 0 Å². The van der Waals surface area contributed by atoms with Gasteiger partial charge in [0.2, 0.25) is 0 Å². The summed E-state index contributed by atoms with van der Waals surface area (Å²) in [7, 11) is 0. The van der Waals surface area contributed by atoms with Gasteiger partial charge in [0, 0.05) is 6.07 Å². The number of rotatable bonds is 1. The number of thiocarbonyl (C=S) groups is 1. The molecule has 1 aromatic carbocycles. The highest BCUT2D eigenvalue weighted by molar-refractivity contribution is 7.83. The lowest BCUT2D eigenvalue weighted by molar-refractivity contribution is 0.411. The molecule has 0 amide bonds. The van der Waals surface area contributed by atoms with Crippen LogP contribution >= 0.6 is 23.8 Å². The zero-order chi connectivity index (χ0) is 10.9. The van der Waals surface area contributed by atoms with Crippen molar-refractivity contribution in [1.82, 2.24) is 0 Å². The van der Waals surface area contributed by atoms with Crippen molar-refractivity contribution in [2.75, 3.05) is 5.32 Å². The molecule has 1 N–H and O–H groups in total. The summed E-state index contributed by atoms with van der Waals surface area (Å²) >= 11 is 9.45. The Bertz CT molecular complexity index is 396. The molecule has 0 aliphatic heterocycles. The van der Waals surface area contributed by atoms with Gasteiger partial charge < -0.3 is 5.32 Å². The Morgan fingerprint density at radius 2 is 1.71 bits per heavy atom. The second-order valence-corrected chi connectivity index (χ2v) is 3.26. The van der Waals surface area contributed by atoms with E-state index in [1.807, 2.05) is 5.32 Å². The van der Waals surface area contributed by atoms with Gasteiger partial charge in [0.1, 0.15) is 0 Å². The van der Waals surface area contributed by atoms with E-state index in [1.165, 1.54) is 0 Å². The molecule has 76 valence electrons. The maximum absolute atomic E-state index is 12.8. The number of anilines is 1. The molecule has 0 saturated heterocycles. The summed E-state index contributed by atoms with van der Waals surface area (Å²) in [5.41, 5.74) is -0.651. The average molecular weight is 244 g/mol. The van der Waals surface area contributed by atoms with Crippen molar-refractivity contribution in [3.8, 4) is 0 Å². The second kappa shape index (κ2) is 4.10. The van der Waals surface area contributed by atoms with Gasteiger partial charge in [-0.3, -0.25) is 0 Å². The van der Waals surface area contributed by atoms with Crippen LogP contribution in [0.5, 0.6) is 0 Å². The van der Waals surface area contributed by atoms with Crippen LogP contribution in [-0.2, 0) is 0 Å². The van der Waals surface area contributed by atoms with E-state index in [0.717, 1.165) is 0 Å². The molecule has 0 aromatic heterocycles. The predicted octanol–water partition coefficient (Wildman–Crippen LogP) is 3.18. The van der Waals surface area contributed by atoms with E-state index in [2.05, 4.69) is 12.2 Å². The first kappa shape index (κ1) is 11.2. The zero-order valence-corrected chi connectivity index (χ0v) is 7.95. The summed E-state index contributed by atoms with van der Waals surface area (Å²) in [5, 5.41) is 1.96. The smallest absolute Gasteiger partial charge is 0.199 e. The summed E-state index contributed by atoms with van der Waals surface area (Å²) in [6.07, 6.45) is 0. The van der Waals surface area contributed by atoms with Gasteiger partial charge >= 0.3 is 0 Å². The van der Waals surface area contributed by atoms with Crippen LogP contribution in [0.25, 0.3) is 0 Å². The molecule has 0 spiro atoms. The van der Waals surface area contributed by atoms with Crippen LogP contribution < -0.4 is 5.32 Å². The van der Waals surface area contributed by atoms with Crippen molar-refractivity contribution < 1.29 is 17.6 Å². The minimum Gasteiger partial charge on any atom is -0.334 e. The Balaban J connectivity index is 3.25. The van der Waals surface area contributed by atoms with Crippen LogP contribution in [0.15, 0.2) is 6.07 Å². The molecule has 0 radical (unpaired) electrons. The van der Waals surface area contributed by atoms with Crippen molar-refractivity contribution in [3.05, 3.63) is 29.3 Å². The van der Waals surface area contributed by atoms with Crippen LogP contribution in [0.3, 0.4) is 0 Å². The largest absolute Gasteiger partial charge is 0.334 e. The zero-order valence-electron chi connectivity index (χ0n) is 6.38. The van der Waals surface area contributed by atoms with Crippen LogP contribution in [0.2, 0.25) is 0 Å². The molecule has 0 heterocycles.